The highest BCUT2D eigenvalue weighted by Crippen LogP contribution is 2.21. The van der Waals surface area contributed by atoms with Gasteiger partial charge in [0.2, 0.25) is 10.0 Å². The number of pyridine rings is 1. The van der Waals surface area contributed by atoms with E-state index in [9.17, 15) is 13.2 Å². The minimum atomic E-state index is -3.91. The van der Waals surface area contributed by atoms with Crippen molar-refractivity contribution in [2.75, 3.05) is 0 Å². The Morgan fingerprint density at radius 2 is 2.30 bits per heavy atom. The Bertz CT molecular complexity index is 723. The van der Waals surface area contributed by atoms with Crippen LogP contribution in [-0.2, 0) is 14.8 Å². The van der Waals surface area contributed by atoms with Crippen LogP contribution >= 0.6 is 0 Å². The molecule has 0 amide bonds. The number of aromatic nitrogens is 2. The van der Waals surface area contributed by atoms with Crippen molar-refractivity contribution in [2.24, 2.45) is 0 Å². The van der Waals surface area contributed by atoms with E-state index in [1.165, 1.54) is 6.20 Å². The fourth-order valence-electron chi connectivity index (χ4n) is 1.93. The number of hydrogen-bond acceptors (Lipinski definition) is 4. The van der Waals surface area contributed by atoms with Crippen molar-refractivity contribution in [3.63, 3.8) is 0 Å². The Morgan fingerprint density at radius 3 is 2.95 bits per heavy atom. The Kier molecular flexibility index (Phi) is 4.05. The SMILES string of the molecule is CCCC(NS(=O)(=O)c1c[nH]c2ncccc12)C(=O)O. The molecule has 0 aliphatic carbocycles. The van der Waals surface area contributed by atoms with Crippen molar-refractivity contribution in [3.05, 3.63) is 24.5 Å². The van der Waals surface area contributed by atoms with Gasteiger partial charge in [-0.1, -0.05) is 13.3 Å². The van der Waals surface area contributed by atoms with E-state index in [1.807, 2.05) is 0 Å². The predicted octanol–water partition coefficient (Wildman–Crippen LogP) is 1.09. The van der Waals surface area contributed by atoms with E-state index in [2.05, 4.69) is 14.7 Å². The van der Waals surface area contributed by atoms with E-state index in [0.717, 1.165) is 0 Å². The number of fused-ring (bicyclic) bond motifs is 1. The number of carboxylic acids is 1. The van der Waals surface area contributed by atoms with Crippen LogP contribution in [0.5, 0.6) is 0 Å². The summed E-state index contributed by atoms with van der Waals surface area (Å²) in [6.45, 7) is 1.79. The number of aromatic amines is 1. The smallest absolute Gasteiger partial charge is 0.321 e. The number of nitrogens with zero attached hydrogens (tertiary/aromatic N) is 1. The average molecular weight is 297 g/mol. The van der Waals surface area contributed by atoms with Crippen molar-refractivity contribution >= 4 is 27.0 Å². The van der Waals surface area contributed by atoms with Gasteiger partial charge in [0.15, 0.2) is 0 Å². The Morgan fingerprint density at radius 1 is 1.55 bits per heavy atom. The summed E-state index contributed by atoms with van der Waals surface area (Å²) in [5.41, 5.74) is 0.440. The van der Waals surface area contributed by atoms with Gasteiger partial charge in [-0.05, 0) is 18.6 Å². The highest BCUT2D eigenvalue weighted by Gasteiger charge is 2.26. The molecule has 1 unspecified atom stereocenters. The molecule has 0 aliphatic heterocycles. The average Bonchev–Trinajstić information content (AvgIpc) is 2.82. The molecule has 0 saturated heterocycles. The first kappa shape index (κ1) is 14.5. The van der Waals surface area contributed by atoms with Crippen LogP contribution in [-0.4, -0.2) is 35.5 Å². The fraction of sp³-hybridized carbons (Fsp3) is 0.333. The van der Waals surface area contributed by atoms with Gasteiger partial charge in [0, 0.05) is 17.8 Å². The van der Waals surface area contributed by atoms with Gasteiger partial charge >= 0.3 is 5.97 Å². The number of nitrogens with one attached hydrogen (secondary N) is 2. The Balaban J connectivity index is 2.37. The maximum absolute atomic E-state index is 12.3. The lowest BCUT2D eigenvalue weighted by atomic mass is 10.2. The summed E-state index contributed by atoms with van der Waals surface area (Å²) in [6, 6.07) is 2.10. The molecule has 3 N–H and O–H groups in total. The molecule has 7 nitrogen and oxygen atoms in total. The normalized spacial score (nSPS) is 13.4. The van der Waals surface area contributed by atoms with Crippen LogP contribution in [0.25, 0.3) is 11.0 Å². The zero-order chi connectivity index (χ0) is 14.8. The molecule has 0 aromatic carbocycles. The van der Waals surface area contributed by atoms with Gasteiger partial charge in [-0.25, -0.2) is 13.4 Å². The maximum atomic E-state index is 12.3. The van der Waals surface area contributed by atoms with E-state index in [1.54, 1.807) is 25.3 Å². The van der Waals surface area contributed by atoms with Gasteiger partial charge in [-0.15, -0.1) is 0 Å². The topological polar surface area (TPSA) is 112 Å². The quantitative estimate of drug-likeness (QED) is 0.739. The van der Waals surface area contributed by atoms with Crippen molar-refractivity contribution in [1.82, 2.24) is 14.7 Å². The van der Waals surface area contributed by atoms with Gasteiger partial charge < -0.3 is 10.1 Å². The summed E-state index contributed by atoms with van der Waals surface area (Å²) in [6.07, 6.45) is 3.65. The van der Waals surface area contributed by atoms with E-state index in [0.29, 0.717) is 17.5 Å². The number of hydrogen-bond donors (Lipinski definition) is 3. The second-order valence-electron chi connectivity index (χ2n) is 4.35. The summed E-state index contributed by atoms with van der Waals surface area (Å²) in [4.78, 5) is 17.8. The number of carboxylic acid groups (broad SMARTS) is 1. The third-order valence-electron chi connectivity index (χ3n) is 2.88. The fourth-order valence-corrected chi connectivity index (χ4v) is 3.31. The molecule has 2 aromatic rings. The molecule has 2 aromatic heterocycles. The first-order valence-corrected chi connectivity index (χ1v) is 7.61. The lowest BCUT2D eigenvalue weighted by molar-refractivity contribution is -0.139. The van der Waals surface area contributed by atoms with E-state index in [-0.39, 0.29) is 11.3 Å². The zero-order valence-corrected chi connectivity index (χ0v) is 11.6. The van der Waals surface area contributed by atoms with Crippen LogP contribution in [0.1, 0.15) is 19.8 Å². The van der Waals surface area contributed by atoms with Crippen LogP contribution in [0.3, 0.4) is 0 Å². The Hall–Kier alpha value is -1.93. The molecule has 0 saturated carbocycles. The minimum Gasteiger partial charge on any atom is -0.480 e. The molecular formula is C12H15N3O4S. The maximum Gasteiger partial charge on any atom is 0.321 e. The number of aliphatic carboxylic acids is 1. The molecular weight excluding hydrogens is 282 g/mol. The molecule has 1 atom stereocenters. The van der Waals surface area contributed by atoms with Crippen LogP contribution in [0.2, 0.25) is 0 Å². The van der Waals surface area contributed by atoms with Gasteiger partial charge in [-0.2, -0.15) is 4.72 Å². The Labute approximate surface area is 116 Å². The number of rotatable bonds is 6. The largest absolute Gasteiger partial charge is 0.480 e. The predicted molar refractivity (Wildman–Crippen MR) is 72.7 cm³/mol. The molecule has 0 bridgehead atoms. The molecule has 0 aliphatic rings. The van der Waals surface area contributed by atoms with Crippen molar-refractivity contribution in [3.8, 4) is 0 Å². The number of H-pyrrole nitrogens is 1. The van der Waals surface area contributed by atoms with Crippen molar-refractivity contribution in [2.45, 2.75) is 30.7 Å². The molecule has 2 heterocycles. The van der Waals surface area contributed by atoms with Crippen LogP contribution in [0.15, 0.2) is 29.4 Å². The zero-order valence-electron chi connectivity index (χ0n) is 10.8. The lowest BCUT2D eigenvalue weighted by Gasteiger charge is -2.13. The summed E-state index contributed by atoms with van der Waals surface area (Å²) >= 11 is 0. The third-order valence-corrected chi connectivity index (χ3v) is 4.39. The van der Waals surface area contributed by atoms with Crippen LogP contribution < -0.4 is 4.72 Å². The second kappa shape index (κ2) is 5.59. The van der Waals surface area contributed by atoms with Gasteiger partial charge in [0.1, 0.15) is 16.6 Å². The first-order valence-electron chi connectivity index (χ1n) is 6.13. The van der Waals surface area contributed by atoms with Crippen LogP contribution in [0.4, 0.5) is 0 Å². The molecule has 0 fully saturated rings. The standard InChI is InChI=1S/C12H15N3O4S/c1-2-4-9(12(16)17)15-20(18,19)10-7-14-11-8(10)5-3-6-13-11/h3,5-7,9,15H,2,4H2,1H3,(H,13,14)(H,16,17). The highest BCUT2D eigenvalue weighted by molar-refractivity contribution is 7.89. The summed E-state index contributed by atoms with van der Waals surface area (Å²) in [5.74, 6) is -1.19. The second-order valence-corrected chi connectivity index (χ2v) is 6.04. The van der Waals surface area contributed by atoms with Crippen LogP contribution in [0, 0.1) is 0 Å². The minimum absolute atomic E-state index is 0.00273. The van der Waals surface area contributed by atoms with E-state index in [4.69, 9.17) is 5.11 Å². The third kappa shape index (κ3) is 2.81. The summed E-state index contributed by atoms with van der Waals surface area (Å²) in [5, 5.41) is 9.46. The molecule has 2 rings (SSSR count). The van der Waals surface area contributed by atoms with Gasteiger partial charge in [0.25, 0.3) is 0 Å². The summed E-state index contributed by atoms with van der Waals surface area (Å²) < 4.78 is 26.8. The molecule has 20 heavy (non-hydrogen) atoms. The lowest BCUT2D eigenvalue weighted by Crippen LogP contribution is -2.40. The number of carbonyl (C=O) groups is 1. The first-order chi connectivity index (χ1) is 9.45. The number of sulfonamides is 1. The summed E-state index contributed by atoms with van der Waals surface area (Å²) in [7, 11) is -3.91. The van der Waals surface area contributed by atoms with Gasteiger partial charge in [0.05, 0.1) is 0 Å². The van der Waals surface area contributed by atoms with E-state index >= 15 is 0 Å². The highest BCUT2D eigenvalue weighted by atomic mass is 32.2. The monoisotopic (exact) mass is 297 g/mol. The molecule has 0 spiro atoms. The van der Waals surface area contributed by atoms with E-state index < -0.39 is 22.0 Å². The molecule has 8 heteroatoms. The molecule has 0 radical (unpaired) electrons. The van der Waals surface area contributed by atoms with Gasteiger partial charge in [-0.3, -0.25) is 4.79 Å². The van der Waals surface area contributed by atoms with Crippen molar-refractivity contribution < 1.29 is 18.3 Å². The van der Waals surface area contributed by atoms with Crippen molar-refractivity contribution in [1.29, 1.82) is 0 Å². The molecule has 108 valence electrons.